The molecule has 5 heterocycles. The van der Waals surface area contributed by atoms with Crippen molar-refractivity contribution >= 4 is 91.5 Å². The van der Waals surface area contributed by atoms with Gasteiger partial charge in [-0.05, 0) is 62.1 Å². The fraction of sp³-hybridized carbons (Fsp3) is 0.171. The molecule has 1 aliphatic carbocycles. The number of aromatic nitrogens is 4. The van der Waals surface area contributed by atoms with Crippen LogP contribution in [-0.4, -0.2) is 58.2 Å². The fourth-order valence-corrected chi connectivity index (χ4v) is 6.08. The topological polar surface area (TPSA) is 114 Å². The van der Waals surface area contributed by atoms with Crippen LogP contribution in [-0.2, 0) is 14.3 Å². The zero-order valence-corrected chi connectivity index (χ0v) is 26.7. The van der Waals surface area contributed by atoms with Crippen LogP contribution < -0.4 is 9.97 Å². The number of carbonyl (C=O) groups is 3. The number of hydrogen-bond acceptors (Lipinski definition) is 6. The Morgan fingerprint density at radius 1 is 0.886 bits per heavy atom. The van der Waals surface area contributed by atoms with Crippen molar-refractivity contribution in [3.8, 4) is 0 Å². The van der Waals surface area contributed by atoms with Crippen LogP contribution in [0, 0.1) is 13.8 Å². The Morgan fingerprint density at radius 2 is 1.52 bits per heavy atom. The van der Waals surface area contributed by atoms with Crippen molar-refractivity contribution in [3.05, 3.63) is 100 Å². The van der Waals surface area contributed by atoms with Gasteiger partial charge in [0.05, 0.1) is 29.9 Å². The first kappa shape index (κ1) is 30.8. The van der Waals surface area contributed by atoms with Crippen LogP contribution in [0.15, 0.2) is 49.6 Å². The Hall–Kier alpha value is -4.60. The van der Waals surface area contributed by atoms with Crippen LogP contribution in [0.1, 0.15) is 75.2 Å². The van der Waals surface area contributed by atoms with Gasteiger partial charge in [-0.15, -0.1) is 22.1 Å². The number of ether oxygens (including phenoxy) is 1. The van der Waals surface area contributed by atoms with Gasteiger partial charge < -0.3 is 14.7 Å². The van der Waals surface area contributed by atoms with E-state index in [0.29, 0.717) is 62.2 Å². The molecule has 0 amide bonds. The van der Waals surface area contributed by atoms with Gasteiger partial charge in [0.1, 0.15) is 12.2 Å². The molecule has 3 aliphatic rings. The Bertz CT molecular complexity index is 2110. The number of aryl methyl sites for hydroxylation is 2. The molecule has 2 aliphatic heterocycles. The molecule has 9 heteroatoms. The zero-order valence-electron chi connectivity index (χ0n) is 25.2. The summed E-state index contributed by atoms with van der Waals surface area (Å²) in [6.07, 6.45) is 7.19. The monoisotopic (exact) mass is 592 g/mol. The molecule has 3 aromatic rings. The van der Waals surface area contributed by atoms with E-state index in [-0.39, 0.29) is 23.1 Å². The van der Waals surface area contributed by atoms with Crippen LogP contribution in [0.4, 0.5) is 0 Å². The Kier molecular flexibility index (Phi) is 8.05. The normalized spacial score (nSPS) is 15.6. The quantitative estimate of drug-likeness (QED) is 0.122. The first-order chi connectivity index (χ1) is 20.6. The minimum absolute atomic E-state index is 0. The molecule has 6 rings (SSSR count). The van der Waals surface area contributed by atoms with Crippen molar-refractivity contribution in [2.24, 2.45) is 0 Å². The summed E-state index contributed by atoms with van der Waals surface area (Å²) in [5.74, 6) is -2.36. The molecule has 0 saturated carbocycles. The van der Waals surface area contributed by atoms with Crippen molar-refractivity contribution in [3.63, 3.8) is 0 Å². The second-order valence-corrected chi connectivity index (χ2v) is 10.6. The van der Waals surface area contributed by atoms with Crippen molar-refractivity contribution in [1.29, 1.82) is 0 Å². The number of allylic oxidation sites excluding steroid dienone is 7. The maximum Gasteiger partial charge on any atom is 2.00 e. The van der Waals surface area contributed by atoms with Crippen LogP contribution in [0.5, 0.6) is 0 Å². The van der Waals surface area contributed by atoms with Gasteiger partial charge in [0, 0.05) is 16.7 Å². The van der Waals surface area contributed by atoms with E-state index in [1.807, 2.05) is 45.9 Å². The van der Waals surface area contributed by atoms with E-state index >= 15 is 0 Å². The van der Waals surface area contributed by atoms with E-state index in [0.717, 1.165) is 39.1 Å². The average Bonchev–Trinajstić information content (AvgIpc) is 3.72. The fourth-order valence-electron chi connectivity index (χ4n) is 6.08. The van der Waals surface area contributed by atoms with Crippen molar-refractivity contribution in [1.82, 2.24) is 19.9 Å². The third-order valence-electron chi connectivity index (χ3n) is 8.43. The molecule has 0 unspecified atom stereocenters. The van der Waals surface area contributed by atoms with Gasteiger partial charge in [-0.1, -0.05) is 54.6 Å². The van der Waals surface area contributed by atoms with Crippen molar-refractivity contribution < 1.29 is 19.1 Å². The number of methoxy groups -OCH3 is 1. The number of aldehydes is 1. The van der Waals surface area contributed by atoms with E-state index in [2.05, 4.69) is 13.2 Å². The molecule has 0 aromatic carbocycles. The molecule has 0 saturated heterocycles. The minimum Gasteiger partial charge on any atom is -0.657 e. The number of rotatable bonds is 5. The summed E-state index contributed by atoms with van der Waals surface area (Å²) >= 11 is 0. The first-order valence-electron chi connectivity index (χ1n) is 13.7. The largest absolute Gasteiger partial charge is 2.00 e. The van der Waals surface area contributed by atoms with E-state index in [4.69, 9.17) is 24.7 Å². The van der Waals surface area contributed by atoms with Crippen LogP contribution in [0.2, 0.25) is 0 Å². The third kappa shape index (κ3) is 4.46. The standard InChI is InChI=1S/C35H29N4O4.Mg/c1-8-20-16(3)23-13-25-18(5)22(11-10-12-40)32(38-25)30-31(35(42)43-7)34(41)29-19(6)26(39-33(29)30)15-28-21(9-2)17(4)24(37-28)14-27(20)36-23;/h8-15,31H,1-2H2,3-7H3,(H-,36,37,38,39,40,41);/q-1;+2/p-1/t31-;/m1./s1. The average molecular weight is 593 g/mol. The van der Waals surface area contributed by atoms with Gasteiger partial charge in [0.15, 0.2) is 5.78 Å². The SMILES string of the molecule is C=CC1=C(C)c2cc3[n-]c(cc4nc(c5c6[n-]c(cc1n2)c(C)c6C(=O)[C@@H]5C(=O)OC)C(/C=C/C=O)=C4C)c(C)c3C=C.[Mg+2]. The maximum absolute atomic E-state index is 13.9. The number of nitrogens with zero attached hydrogens (tertiary/aromatic N) is 4. The summed E-state index contributed by atoms with van der Waals surface area (Å²) < 4.78 is 5.09. The van der Waals surface area contributed by atoms with E-state index in [1.54, 1.807) is 18.2 Å². The number of carbonyl (C=O) groups excluding carboxylic acids is 3. The van der Waals surface area contributed by atoms with Crippen LogP contribution in [0.3, 0.4) is 0 Å². The predicted molar refractivity (Wildman–Crippen MR) is 174 cm³/mol. The Labute approximate surface area is 270 Å². The smallest absolute Gasteiger partial charge is 0.657 e. The summed E-state index contributed by atoms with van der Waals surface area (Å²) in [7, 11) is 1.25. The molecule has 3 aromatic heterocycles. The van der Waals surface area contributed by atoms with E-state index < -0.39 is 17.7 Å². The van der Waals surface area contributed by atoms with E-state index in [9.17, 15) is 14.4 Å². The number of Topliss-reactive ketones (excluding diaryl/α,β-unsaturated/α-hetero) is 1. The van der Waals surface area contributed by atoms with Gasteiger partial charge in [0.25, 0.3) is 0 Å². The second kappa shape index (κ2) is 11.5. The maximum atomic E-state index is 13.9. The molecule has 214 valence electrons. The number of ketones is 1. The van der Waals surface area contributed by atoms with Gasteiger partial charge in [-0.25, -0.2) is 9.97 Å². The molecule has 44 heavy (non-hydrogen) atoms. The third-order valence-corrected chi connectivity index (χ3v) is 8.43. The number of hydrogen-bond donors (Lipinski definition) is 0. The molecule has 0 fully saturated rings. The summed E-state index contributed by atoms with van der Waals surface area (Å²) in [6.45, 7) is 15.7. The molecule has 0 radical (unpaired) electrons. The summed E-state index contributed by atoms with van der Waals surface area (Å²) in [5, 5.41) is 0. The van der Waals surface area contributed by atoms with Gasteiger partial charge >= 0.3 is 29.0 Å². The van der Waals surface area contributed by atoms with E-state index in [1.165, 1.54) is 13.2 Å². The first-order valence-corrected chi connectivity index (χ1v) is 13.7. The summed E-state index contributed by atoms with van der Waals surface area (Å²) in [5.41, 5.74) is 10.9. The molecule has 8 bridgehead atoms. The number of fused-ring (bicyclic) bond motifs is 8. The molecule has 0 spiro atoms. The Balaban J connectivity index is 0.00000384. The van der Waals surface area contributed by atoms with Crippen LogP contribution >= 0.6 is 0 Å². The minimum atomic E-state index is -1.25. The van der Waals surface area contributed by atoms with Crippen molar-refractivity contribution in [2.45, 2.75) is 33.6 Å². The Morgan fingerprint density at radius 3 is 2.18 bits per heavy atom. The van der Waals surface area contributed by atoms with Crippen LogP contribution in [0.25, 0.3) is 50.4 Å². The number of esters is 1. The molecule has 8 nitrogen and oxygen atoms in total. The van der Waals surface area contributed by atoms with Gasteiger partial charge in [0.2, 0.25) is 0 Å². The van der Waals surface area contributed by atoms with Crippen molar-refractivity contribution in [2.75, 3.05) is 7.11 Å². The molecular formula is C35H28MgN4O4. The predicted octanol–water partition coefficient (Wildman–Crippen LogP) is 5.71. The molecule has 1 atom stereocenters. The molecular weight excluding hydrogens is 565 g/mol. The van der Waals surface area contributed by atoms with Gasteiger partial charge in [-0.2, -0.15) is 0 Å². The zero-order chi connectivity index (χ0) is 30.7. The summed E-state index contributed by atoms with van der Waals surface area (Å²) in [4.78, 5) is 58.1. The van der Waals surface area contributed by atoms with Gasteiger partial charge in [-0.3, -0.25) is 14.4 Å². The second-order valence-electron chi connectivity index (χ2n) is 10.6. The summed E-state index contributed by atoms with van der Waals surface area (Å²) in [6, 6.07) is 5.63. The molecule has 0 N–H and O–H groups in total.